The van der Waals surface area contributed by atoms with Gasteiger partial charge in [-0.05, 0) is 34.2 Å². The predicted octanol–water partition coefficient (Wildman–Crippen LogP) is 2.25. The minimum Gasteiger partial charge on any atom is -0.387 e. The average Bonchev–Trinajstić information content (AvgIpc) is 2.76. The highest BCUT2D eigenvalue weighted by molar-refractivity contribution is 5.77. The van der Waals surface area contributed by atoms with E-state index in [1.165, 1.54) is 22.3 Å². The molecule has 17 heavy (non-hydrogen) atoms. The molecule has 86 valence electrons. The van der Waals surface area contributed by atoms with Gasteiger partial charge in [-0.25, -0.2) is 0 Å². The van der Waals surface area contributed by atoms with Gasteiger partial charge in [-0.15, -0.1) is 0 Å². The molecular weight excluding hydrogens is 210 g/mol. The largest absolute Gasteiger partial charge is 0.387 e. The Hall–Kier alpha value is -1.64. The van der Waals surface area contributed by atoms with Crippen molar-refractivity contribution in [2.24, 2.45) is 5.73 Å². The van der Waals surface area contributed by atoms with Crippen LogP contribution < -0.4 is 5.73 Å². The number of nitrogens with two attached hydrogens (primary N) is 1. The van der Waals surface area contributed by atoms with Crippen molar-refractivity contribution in [3.05, 3.63) is 59.2 Å². The van der Waals surface area contributed by atoms with Gasteiger partial charge in [-0.3, -0.25) is 0 Å². The number of rotatable bonds is 2. The van der Waals surface area contributed by atoms with Crippen LogP contribution >= 0.6 is 0 Å². The number of benzene rings is 2. The quantitative estimate of drug-likeness (QED) is 0.702. The highest BCUT2D eigenvalue weighted by Gasteiger charge is 2.22. The Labute approximate surface area is 101 Å². The molecule has 2 aromatic rings. The van der Waals surface area contributed by atoms with Crippen molar-refractivity contribution in [1.29, 1.82) is 0 Å². The molecule has 0 unspecified atom stereocenters. The molecule has 0 fully saturated rings. The Bertz CT molecular complexity index is 563. The highest BCUT2D eigenvalue weighted by Crippen LogP contribution is 2.39. The Morgan fingerprint density at radius 3 is 2.65 bits per heavy atom. The lowest BCUT2D eigenvalue weighted by atomic mass is 9.97. The first kappa shape index (κ1) is 10.5. The van der Waals surface area contributed by atoms with Gasteiger partial charge in [0.25, 0.3) is 0 Å². The second-order valence-corrected chi connectivity index (χ2v) is 4.46. The molecule has 0 aliphatic heterocycles. The van der Waals surface area contributed by atoms with Crippen molar-refractivity contribution in [2.75, 3.05) is 6.54 Å². The van der Waals surface area contributed by atoms with Crippen LogP contribution in [0.25, 0.3) is 11.1 Å². The molecule has 0 saturated heterocycles. The van der Waals surface area contributed by atoms with E-state index in [2.05, 4.69) is 30.3 Å². The molecular formula is C15H15NO. The summed E-state index contributed by atoms with van der Waals surface area (Å²) in [7, 11) is 0. The van der Waals surface area contributed by atoms with Crippen LogP contribution in [0.2, 0.25) is 0 Å². The van der Waals surface area contributed by atoms with Gasteiger partial charge in [0.05, 0.1) is 6.10 Å². The molecule has 1 atom stereocenters. The molecule has 0 bridgehead atoms. The molecule has 0 heterocycles. The van der Waals surface area contributed by atoms with Crippen LogP contribution in [0.1, 0.15) is 22.8 Å². The molecule has 1 aliphatic carbocycles. The molecule has 0 spiro atoms. The summed E-state index contributed by atoms with van der Waals surface area (Å²) in [6, 6.07) is 14.5. The Morgan fingerprint density at radius 2 is 1.82 bits per heavy atom. The van der Waals surface area contributed by atoms with Crippen molar-refractivity contribution in [3.8, 4) is 11.1 Å². The summed E-state index contributed by atoms with van der Waals surface area (Å²) in [5.41, 5.74) is 11.6. The lowest BCUT2D eigenvalue weighted by Crippen LogP contribution is -2.13. The fourth-order valence-corrected chi connectivity index (χ4v) is 2.62. The Morgan fingerprint density at radius 1 is 1.06 bits per heavy atom. The van der Waals surface area contributed by atoms with Gasteiger partial charge in [-0.2, -0.15) is 0 Å². The van der Waals surface area contributed by atoms with Gasteiger partial charge in [0.1, 0.15) is 0 Å². The minimum absolute atomic E-state index is 0.271. The maximum atomic E-state index is 9.95. The zero-order valence-corrected chi connectivity index (χ0v) is 9.56. The van der Waals surface area contributed by atoms with Crippen molar-refractivity contribution < 1.29 is 5.11 Å². The number of aliphatic hydroxyl groups is 1. The van der Waals surface area contributed by atoms with Crippen LogP contribution in [0.3, 0.4) is 0 Å². The molecule has 2 aromatic carbocycles. The molecule has 0 radical (unpaired) electrons. The van der Waals surface area contributed by atoms with Crippen LogP contribution in [0, 0.1) is 0 Å². The smallest absolute Gasteiger partial charge is 0.0915 e. The van der Waals surface area contributed by atoms with Gasteiger partial charge in [-0.1, -0.05) is 42.5 Å². The van der Waals surface area contributed by atoms with Gasteiger partial charge in [0.2, 0.25) is 0 Å². The normalized spacial score (nSPS) is 14.2. The third-order valence-corrected chi connectivity index (χ3v) is 3.47. The number of aliphatic hydroxyl groups excluding tert-OH is 1. The maximum Gasteiger partial charge on any atom is 0.0915 e. The van der Waals surface area contributed by atoms with Crippen LogP contribution in [0.15, 0.2) is 42.5 Å². The molecule has 0 saturated carbocycles. The summed E-state index contributed by atoms with van der Waals surface area (Å²) < 4.78 is 0. The zero-order chi connectivity index (χ0) is 11.8. The molecule has 1 aliphatic rings. The van der Waals surface area contributed by atoms with Crippen LogP contribution in [-0.4, -0.2) is 11.7 Å². The summed E-state index contributed by atoms with van der Waals surface area (Å²) in [4.78, 5) is 0. The van der Waals surface area contributed by atoms with E-state index in [0.717, 1.165) is 12.0 Å². The van der Waals surface area contributed by atoms with Gasteiger partial charge < -0.3 is 10.8 Å². The third-order valence-electron chi connectivity index (χ3n) is 3.47. The summed E-state index contributed by atoms with van der Waals surface area (Å²) in [5, 5.41) is 9.95. The van der Waals surface area contributed by atoms with E-state index in [1.807, 2.05) is 12.1 Å². The fraction of sp³-hybridized carbons (Fsp3) is 0.200. The van der Waals surface area contributed by atoms with E-state index in [1.54, 1.807) is 0 Å². The topological polar surface area (TPSA) is 46.2 Å². The second kappa shape index (κ2) is 3.99. The molecule has 3 N–H and O–H groups in total. The van der Waals surface area contributed by atoms with E-state index >= 15 is 0 Å². The summed E-state index contributed by atoms with van der Waals surface area (Å²) in [5.74, 6) is 0. The van der Waals surface area contributed by atoms with E-state index in [0.29, 0.717) is 0 Å². The number of hydrogen-bond donors (Lipinski definition) is 2. The standard InChI is InChI=1S/C15H15NO/c16-9-15(17)13-7-3-6-12-11-5-2-1-4-10(11)8-14(12)13/h1-7,15,17H,8-9,16H2/t15-/m0/s1. The van der Waals surface area contributed by atoms with Crippen molar-refractivity contribution in [1.82, 2.24) is 0 Å². The SMILES string of the molecule is NC[C@H](O)c1cccc2c1Cc1ccccc1-2. The molecule has 2 heteroatoms. The second-order valence-electron chi connectivity index (χ2n) is 4.46. The monoisotopic (exact) mass is 225 g/mol. The zero-order valence-electron chi connectivity index (χ0n) is 9.56. The Balaban J connectivity index is 2.17. The van der Waals surface area contributed by atoms with Crippen LogP contribution in [0.4, 0.5) is 0 Å². The van der Waals surface area contributed by atoms with E-state index in [-0.39, 0.29) is 6.54 Å². The lowest BCUT2D eigenvalue weighted by Gasteiger charge is -2.13. The number of fused-ring (bicyclic) bond motifs is 3. The summed E-state index contributed by atoms with van der Waals surface area (Å²) >= 11 is 0. The molecule has 0 aromatic heterocycles. The molecule has 3 rings (SSSR count). The Kier molecular flexibility index (Phi) is 2.46. The summed E-state index contributed by atoms with van der Waals surface area (Å²) in [6.45, 7) is 0.271. The van der Waals surface area contributed by atoms with Crippen molar-refractivity contribution in [3.63, 3.8) is 0 Å². The maximum absolute atomic E-state index is 9.95. The average molecular weight is 225 g/mol. The lowest BCUT2D eigenvalue weighted by molar-refractivity contribution is 0.186. The van der Waals surface area contributed by atoms with Crippen LogP contribution in [0.5, 0.6) is 0 Å². The third kappa shape index (κ3) is 1.57. The molecule has 2 nitrogen and oxygen atoms in total. The van der Waals surface area contributed by atoms with Crippen molar-refractivity contribution in [2.45, 2.75) is 12.5 Å². The van der Waals surface area contributed by atoms with Crippen molar-refractivity contribution >= 4 is 0 Å². The first-order chi connectivity index (χ1) is 8.31. The first-order valence-electron chi connectivity index (χ1n) is 5.89. The fourth-order valence-electron chi connectivity index (χ4n) is 2.62. The summed E-state index contributed by atoms with van der Waals surface area (Å²) in [6.07, 6.45) is 0.345. The van der Waals surface area contributed by atoms with E-state index in [4.69, 9.17) is 5.73 Å². The van der Waals surface area contributed by atoms with E-state index in [9.17, 15) is 5.11 Å². The van der Waals surface area contributed by atoms with E-state index < -0.39 is 6.10 Å². The first-order valence-corrected chi connectivity index (χ1v) is 5.89. The number of hydrogen-bond acceptors (Lipinski definition) is 2. The van der Waals surface area contributed by atoms with Gasteiger partial charge in [0, 0.05) is 6.54 Å². The highest BCUT2D eigenvalue weighted by atomic mass is 16.3. The van der Waals surface area contributed by atoms with Gasteiger partial charge in [0.15, 0.2) is 0 Å². The predicted molar refractivity (Wildman–Crippen MR) is 68.7 cm³/mol. The van der Waals surface area contributed by atoms with Crippen LogP contribution in [-0.2, 0) is 6.42 Å². The van der Waals surface area contributed by atoms with Gasteiger partial charge >= 0.3 is 0 Å². The minimum atomic E-state index is -0.556. The molecule has 0 amide bonds.